The molecule has 2 unspecified atom stereocenters. The fourth-order valence-corrected chi connectivity index (χ4v) is 2.90. The molecule has 1 aliphatic heterocycles. The van der Waals surface area contributed by atoms with Crippen molar-refractivity contribution in [3.8, 4) is 0 Å². The van der Waals surface area contributed by atoms with Gasteiger partial charge in [-0.15, -0.1) is 0 Å². The number of amides is 3. The van der Waals surface area contributed by atoms with Gasteiger partial charge in [0.25, 0.3) is 11.8 Å². The van der Waals surface area contributed by atoms with Crippen molar-refractivity contribution in [3.63, 3.8) is 0 Å². The predicted octanol–water partition coefficient (Wildman–Crippen LogP) is 0.833. The maximum Gasteiger partial charge on any atom is 0.262 e. The molecule has 6 heteroatoms. The van der Waals surface area contributed by atoms with E-state index in [1.807, 2.05) is 6.92 Å². The van der Waals surface area contributed by atoms with Gasteiger partial charge in [0.15, 0.2) is 0 Å². The zero-order chi connectivity index (χ0) is 16.7. The van der Waals surface area contributed by atoms with Crippen molar-refractivity contribution in [2.75, 3.05) is 6.54 Å². The molecule has 3 rings (SSSR count). The number of nitrogens with zero attached hydrogens (tertiary/aromatic N) is 1. The molecule has 0 saturated heterocycles. The Morgan fingerprint density at radius 1 is 1.30 bits per heavy atom. The van der Waals surface area contributed by atoms with E-state index < -0.39 is 17.9 Å². The highest BCUT2D eigenvalue weighted by Gasteiger charge is 2.41. The first-order chi connectivity index (χ1) is 10.9. The van der Waals surface area contributed by atoms with E-state index in [9.17, 15) is 14.4 Å². The van der Waals surface area contributed by atoms with E-state index in [4.69, 9.17) is 5.73 Å². The predicted molar refractivity (Wildman–Crippen MR) is 84.9 cm³/mol. The van der Waals surface area contributed by atoms with Gasteiger partial charge in [-0.25, -0.2) is 0 Å². The van der Waals surface area contributed by atoms with Crippen LogP contribution < -0.4 is 11.1 Å². The van der Waals surface area contributed by atoms with Crippen molar-refractivity contribution in [2.24, 2.45) is 11.7 Å². The lowest BCUT2D eigenvalue weighted by atomic mass is 10.1. The summed E-state index contributed by atoms with van der Waals surface area (Å²) < 4.78 is 0. The number of carbonyl (C=O) groups excluding carboxylic acids is 3. The van der Waals surface area contributed by atoms with Gasteiger partial charge in [0.1, 0.15) is 6.04 Å². The molecule has 3 amide bonds. The summed E-state index contributed by atoms with van der Waals surface area (Å²) in [6.07, 6.45) is 2.20. The number of hydrogen-bond acceptors (Lipinski definition) is 4. The van der Waals surface area contributed by atoms with Gasteiger partial charge in [0.05, 0.1) is 11.1 Å². The summed E-state index contributed by atoms with van der Waals surface area (Å²) >= 11 is 0. The summed E-state index contributed by atoms with van der Waals surface area (Å²) in [5.74, 6) is -0.706. The van der Waals surface area contributed by atoms with Gasteiger partial charge in [-0.2, -0.15) is 0 Å². The lowest BCUT2D eigenvalue weighted by Crippen LogP contribution is -2.50. The van der Waals surface area contributed by atoms with Crippen LogP contribution in [0.1, 0.15) is 46.0 Å². The zero-order valence-electron chi connectivity index (χ0n) is 13.3. The first-order valence-corrected chi connectivity index (χ1v) is 7.92. The van der Waals surface area contributed by atoms with Crippen molar-refractivity contribution in [3.05, 3.63) is 34.9 Å². The molecule has 1 aliphatic carbocycles. The third-order valence-electron chi connectivity index (χ3n) is 4.58. The first-order valence-electron chi connectivity index (χ1n) is 7.92. The average molecular weight is 315 g/mol. The zero-order valence-corrected chi connectivity index (χ0v) is 13.3. The number of aryl methyl sites for hydroxylation is 1. The van der Waals surface area contributed by atoms with E-state index in [2.05, 4.69) is 5.32 Å². The van der Waals surface area contributed by atoms with Gasteiger partial charge in [-0.3, -0.25) is 19.3 Å². The van der Waals surface area contributed by atoms with Gasteiger partial charge in [0.2, 0.25) is 5.91 Å². The van der Waals surface area contributed by atoms with Gasteiger partial charge in [-0.1, -0.05) is 11.6 Å². The molecule has 2 atom stereocenters. The van der Waals surface area contributed by atoms with Crippen LogP contribution in [0.4, 0.5) is 0 Å². The normalized spacial score (nSPS) is 19.5. The molecule has 122 valence electrons. The summed E-state index contributed by atoms with van der Waals surface area (Å²) in [6.45, 7) is 3.79. The van der Waals surface area contributed by atoms with Crippen LogP contribution in [0.2, 0.25) is 0 Å². The molecule has 1 aromatic carbocycles. The molecule has 1 aromatic rings. The van der Waals surface area contributed by atoms with Crippen LogP contribution in [-0.4, -0.2) is 41.2 Å². The summed E-state index contributed by atoms with van der Waals surface area (Å²) in [5, 5.41) is 2.75. The molecule has 3 N–H and O–H groups in total. The second-order valence-electron chi connectivity index (χ2n) is 6.45. The molecule has 0 bridgehead atoms. The molecular formula is C17H21N3O3. The quantitative estimate of drug-likeness (QED) is 0.787. The summed E-state index contributed by atoms with van der Waals surface area (Å²) in [7, 11) is 0. The molecule has 1 saturated carbocycles. The van der Waals surface area contributed by atoms with Crippen molar-refractivity contribution < 1.29 is 14.4 Å². The minimum atomic E-state index is -0.853. The van der Waals surface area contributed by atoms with E-state index in [1.165, 1.54) is 0 Å². The molecule has 2 aliphatic rings. The molecule has 0 aromatic heterocycles. The molecule has 6 nitrogen and oxygen atoms in total. The average Bonchev–Trinajstić information content (AvgIpc) is 3.33. The van der Waals surface area contributed by atoms with Crippen molar-refractivity contribution in [2.45, 2.75) is 38.8 Å². The highest BCUT2D eigenvalue weighted by molar-refractivity contribution is 6.22. The number of fused-ring (bicyclic) bond motifs is 1. The Morgan fingerprint density at radius 2 is 1.96 bits per heavy atom. The number of nitrogens with one attached hydrogen (secondary N) is 1. The number of nitrogens with two attached hydrogens (primary N) is 1. The van der Waals surface area contributed by atoms with Gasteiger partial charge in [0, 0.05) is 12.6 Å². The minimum absolute atomic E-state index is 0.0593. The fourth-order valence-electron chi connectivity index (χ4n) is 2.90. The van der Waals surface area contributed by atoms with Gasteiger partial charge in [-0.05, 0) is 44.7 Å². The van der Waals surface area contributed by atoms with Crippen LogP contribution in [0.25, 0.3) is 0 Å². The number of carbonyl (C=O) groups is 3. The Kier molecular flexibility index (Phi) is 3.93. The van der Waals surface area contributed by atoms with E-state index >= 15 is 0 Å². The van der Waals surface area contributed by atoms with Crippen LogP contribution in [0, 0.1) is 12.8 Å². The largest absolute Gasteiger partial charge is 0.353 e. The third kappa shape index (κ3) is 2.86. The second-order valence-corrected chi connectivity index (χ2v) is 6.45. The van der Waals surface area contributed by atoms with Crippen LogP contribution in [0.3, 0.4) is 0 Å². The molecule has 1 heterocycles. The number of rotatable bonds is 5. The van der Waals surface area contributed by atoms with Crippen LogP contribution in [0.5, 0.6) is 0 Å². The number of imide groups is 1. The summed E-state index contributed by atoms with van der Waals surface area (Å²) in [6, 6.07) is 4.19. The smallest absolute Gasteiger partial charge is 0.262 e. The van der Waals surface area contributed by atoms with Crippen LogP contribution in [-0.2, 0) is 4.79 Å². The van der Waals surface area contributed by atoms with Gasteiger partial charge >= 0.3 is 0 Å². The van der Waals surface area contributed by atoms with Crippen LogP contribution in [0.15, 0.2) is 18.2 Å². The SMILES string of the molecule is Cc1ccc2c(c1)C(=O)N(C(C)C(=O)NCC(N)C1CC1)C2=O. The lowest BCUT2D eigenvalue weighted by molar-refractivity contribution is -0.124. The molecule has 23 heavy (non-hydrogen) atoms. The highest BCUT2D eigenvalue weighted by Crippen LogP contribution is 2.31. The Hall–Kier alpha value is -2.21. The topological polar surface area (TPSA) is 92.5 Å². The van der Waals surface area contributed by atoms with E-state index in [0.29, 0.717) is 23.6 Å². The van der Waals surface area contributed by atoms with Crippen LogP contribution >= 0.6 is 0 Å². The Labute approximate surface area is 135 Å². The van der Waals surface area contributed by atoms with Crippen molar-refractivity contribution >= 4 is 17.7 Å². The fraction of sp³-hybridized carbons (Fsp3) is 0.471. The summed E-state index contributed by atoms with van der Waals surface area (Å²) in [5.41, 5.74) is 7.58. The van der Waals surface area contributed by atoms with E-state index in [1.54, 1.807) is 25.1 Å². The first kappa shape index (κ1) is 15.7. The molecule has 1 fully saturated rings. The third-order valence-corrected chi connectivity index (χ3v) is 4.58. The van der Waals surface area contributed by atoms with E-state index in [-0.39, 0.29) is 11.9 Å². The van der Waals surface area contributed by atoms with Gasteiger partial charge < -0.3 is 11.1 Å². The number of benzene rings is 1. The molecule has 0 radical (unpaired) electrons. The maximum absolute atomic E-state index is 12.5. The maximum atomic E-state index is 12.5. The lowest BCUT2D eigenvalue weighted by Gasteiger charge is -2.22. The Balaban J connectivity index is 1.70. The number of hydrogen-bond donors (Lipinski definition) is 2. The molecular weight excluding hydrogens is 294 g/mol. The van der Waals surface area contributed by atoms with Crippen molar-refractivity contribution in [1.82, 2.24) is 10.2 Å². The van der Waals surface area contributed by atoms with Crippen molar-refractivity contribution in [1.29, 1.82) is 0 Å². The monoisotopic (exact) mass is 315 g/mol. The Morgan fingerprint density at radius 3 is 2.61 bits per heavy atom. The standard InChI is InChI=1S/C17H21N3O3/c1-9-3-6-12-13(7-9)17(23)20(16(12)22)10(2)15(21)19-8-14(18)11-4-5-11/h3,6-7,10-11,14H,4-5,8,18H2,1-2H3,(H,19,21). The minimum Gasteiger partial charge on any atom is -0.353 e. The summed E-state index contributed by atoms with van der Waals surface area (Å²) in [4.78, 5) is 38.2. The highest BCUT2D eigenvalue weighted by atomic mass is 16.2. The second kappa shape index (κ2) is 5.77. The molecule has 0 spiro atoms. The Bertz CT molecular complexity index is 682. The van der Waals surface area contributed by atoms with E-state index in [0.717, 1.165) is 23.3 Å².